The van der Waals surface area contributed by atoms with Crippen LogP contribution in [0.25, 0.3) is 0 Å². The summed E-state index contributed by atoms with van der Waals surface area (Å²) in [6, 6.07) is 0. The molecule has 0 amide bonds. The Kier molecular flexibility index (Phi) is 6.11. The Morgan fingerprint density at radius 3 is 2.29 bits per heavy atom. The van der Waals surface area contributed by atoms with Gasteiger partial charge < -0.3 is 5.11 Å². The van der Waals surface area contributed by atoms with E-state index in [1.807, 2.05) is 0 Å². The second-order valence-electron chi connectivity index (χ2n) is 4.19. The Labute approximate surface area is 104 Å². The average molecular weight is 262 g/mol. The van der Waals surface area contributed by atoms with Gasteiger partial charge in [0.1, 0.15) is 0 Å². The largest absolute Gasteiger partial charge is 0.395 e. The minimum atomic E-state index is -3.44. The third-order valence-electron chi connectivity index (χ3n) is 2.90. The number of rotatable bonds is 6. The van der Waals surface area contributed by atoms with E-state index in [0.29, 0.717) is 13.1 Å². The summed E-state index contributed by atoms with van der Waals surface area (Å²) < 4.78 is 27.4. The van der Waals surface area contributed by atoms with E-state index in [1.165, 1.54) is 8.61 Å². The first-order valence-electron chi connectivity index (χ1n) is 6.10. The van der Waals surface area contributed by atoms with Gasteiger partial charge in [0.15, 0.2) is 0 Å². The highest BCUT2D eigenvalue weighted by Gasteiger charge is 2.28. The smallest absolute Gasteiger partial charge is 0.282 e. The predicted octanol–water partition coefficient (Wildman–Crippen LogP) is 0.587. The van der Waals surface area contributed by atoms with Crippen molar-refractivity contribution in [1.82, 2.24) is 8.61 Å². The lowest BCUT2D eigenvalue weighted by Crippen LogP contribution is -2.45. The minimum absolute atomic E-state index is 0.130. The van der Waals surface area contributed by atoms with Crippen molar-refractivity contribution >= 4 is 10.2 Å². The Morgan fingerprint density at radius 2 is 1.82 bits per heavy atom. The molecule has 5 nitrogen and oxygen atoms in total. The van der Waals surface area contributed by atoms with Crippen LogP contribution in [0.1, 0.15) is 25.7 Å². The maximum Gasteiger partial charge on any atom is 0.282 e. The van der Waals surface area contributed by atoms with Gasteiger partial charge in [-0.3, -0.25) is 0 Å². The summed E-state index contributed by atoms with van der Waals surface area (Å²) in [7, 11) is -3.44. The van der Waals surface area contributed by atoms with Crippen molar-refractivity contribution in [1.29, 1.82) is 0 Å². The first-order chi connectivity index (χ1) is 8.12. The summed E-state index contributed by atoms with van der Waals surface area (Å²) in [5.74, 6) is 0. The Hall–Kier alpha value is -0.430. The monoisotopic (exact) mass is 262 g/mol. The molecular weight excluding hydrogens is 240 g/mol. The molecule has 17 heavy (non-hydrogen) atoms. The highest BCUT2D eigenvalue weighted by molar-refractivity contribution is 7.86. The zero-order valence-corrected chi connectivity index (χ0v) is 11.0. The van der Waals surface area contributed by atoms with Gasteiger partial charge in [0.05, 0.1) is 6.61 Å². The van der Waals surface area contributed by atoms with Crippen molar-refractivity contribution in [3.63, 3.8) is 0 Å². The summed E-state index contributed by atoms with van der Waals surface area (Å²) in [6.07, 6.45) is 5.56. The van der Waals surface area contributed by atoms with Crippen LogP contribution < -0.4 is 0 Å². The van der Waals surface area contributed by atoms with Crippen LogP contribution in [0.5, 0.6) is 0 Å². The number of aliphatic hydroxyl groups is 1. The molecule has 0 aromatic heterocycles. The second kappa shape index (κ2) is 7.10. The maximum absolute atomic E-state index is 12.3. The Balaban J connectivity index is 2.77. The zero-order chi connectivity index (χ0) is 12.7. The van der Waals surface area contributed by atoms with E-state index in [0.717, 1.165) is 25.7 Å². The van der Waals surface area contributed by atoms with Gasteiger partial charge in [-0.2, -0.15) is 17.0 Å². The van der Waals surface area contributed by atoms with Crippen molar-refractivity contribution in [2.45, 2.75) is 25.7 Å². The van der Waals surface area contributed by atoms with E-state index < -0.39 is 10.2 Å². The van der Waals surface area contributed by atoms with Crippen LogP contribution in [0.15, 0.2) is 12.7 Å². The van der Waals surface area contributed by atoms with Crippen molar-refractivity contribution < 1.29 is 13.5 Å². The van der Waals surface area contributed by atoms with Crippen LogP contribution >= 0.6 is 0 Å². The van der Waals surface area contributed by atoms with E-state index in [1.54, 1.807) is 6.08 Å². The second-order valence-corrected chi connectivity index (χ2v) is 6.12. The maximum atomic E-state index is 12.3. The van der Waals surface area contributed by atoms with Crippen LogP contribution in [-0.4, -0.2) is 54.9 Å². The number of hydrogen-bond acceptors (Lipinski definition) is 3. The van der Waals surface area contributed by atoms with Gasteiger partial charge in [0.25, 0.3) is 10.2 Å². The molecule has 1 aliphatic heterocycles. The molecule has 0 aromatic rings. The third kappa shape index (κ3) is 4.06. The fraction of sp³-hybridized carbons (Fsp3) is 0.818. The standard InChI is InChI=1S/C11H22N2O3S/c1-2-7-12(10-11-14)17(15,16)13-8-5-3-4-6-9-13/h2,14H,1,3-11H2. The van der Waals surface area contributed by atoms with Gasteiger partial charge >= 0.3 is 0 Å². The summed E-state index contributed by atoms with van der Waals surface area (Å²) in [6.45, 7) is 4.94. The molecule has 0 spiro atoms. The van der Waals surface area contributed by atoms with Crippen LogP contribution in [0.2, 0.25) is 0 Å². The highest BCUT2D eigenvalue weighted by atomic mass is 32.2. The molecule has 1 saturated heterocycles. The van der Waals surface area contributed by atoms with Crippen molar-refractivity contribution in [2.24, 2.45) is 0 Å². The quantitative estimate of drug-likeness (QED) is 0.713. The molecule has 1 aliphatic rings. The SMILES string of the molecule is C=CCN(CCO)S(=O)(=O)N1CCCCCC1. The lowest BCUT2D eigenvalue weighted by molar-refractivity contribution is 0.251. The molecule has 0 aliphatic carbocycles. The first-order valence-corrected chi connectivity index (χ1v) is 7.49. The van der Waals surface area contributed by atoms with Gasteiger partial charge in [-0.15, -0.1) is 6.58 Å². The summed E-state index contributed by atoms with van der Waals surface area (Å²) in [5.41, 5.74) is 0. The molecule has 1 heterocycles. The normalized spacial score (nSPS) is 19.2. The lowest BCUT2D eigenvalue weighted by Gasteiger charge is -2.27. The molecule has 100 valence electrons. The molecule has 6 heteroatoms. The molecular formula is C11H22N2O3S. The minimum Gasteiger partial charge on any atom is -0.395 e. The molecule has 0 atom stereocenters. The van der Waals surface area contributed by atoms with Gasteiger partial charge in [-0.25, -0.2) is 0 Å². The average Bonchev–Trinajstić information content (AvgIpc) is 2.57. The van der Waals surface area contributed by atoms with Gasteiger partial charge in [0.2, 0.25) is 0 Å². The van der Waals surface area contributed by atoms with Crippen LogP contribution in [0.3, 0.4) is 0 Å². The van der Waals surface area contributed by atoms with Crippen molar-refractivity contribution in [3.8, 4) is 0 Å². The lowest BCUT2D eigenvalue weighted by atomic mass is 10.2. The number of nitrogens with zero attached hydrogens (tertiary/aromatic N) is 2. The highest BCUT2D eigenvalue weighted by Crippen LogP contribution is 2.16. The zero-order valence-electron chi connectivity index (χ0n) is 10.2. The summed E-state index contributed by atoms with van der Waals surface area (Å²) >= 11 is 0. The Bertz CT molecular complexity index is 322. The van der Waals surface area contributed by atoms with Crippen LogP contribution in [0, 0.1) is 0 Å². The molecule has 1 fully saturated rings. The fourth-order valence-corrected chi connectivity index (χ4v) is 3.64. The van der Waals surface area contributed by atoms with Gasteiger partial charge in [-0.05, 0) is 12.8 Å². The van der Waals surface area contributed by atoms with Crippen LogP contribution in [-0.2, 0) is 10.2 Å². The molecule has 0 unspecified atom stereocenters. The molecule has 0 bridgehead atoms. The van der Waals surface area contributed by atoms with E-state index in [2.05, 4.69) is 6.58 Å². The number of hydrogen-bond donors (Lipinski definition) is 1. The Morgan fingerprint density at radius 1 is 1.24 bits per heavy atom. The number of aliphatic hydroxyl groups excluding tert-OH is 1. The fourth-order valence-electron chi connectivity index (χ4n) is 1.99. The van der Waals surface area contributed by atoms with Crippen molar-refractivity contribution in [2.75, 3.05) is 32.8 Å². The summed E-state index contributed by atoms with van der Waals surface area (Å²) in [4.78, 5) is 0. The molecule has 0 aromatic carbocycles. The molecule has 0 radical (unpaired) electrons. The third-order valence-corrected chi connectivity index (χ3v) is 4.90. The van der Waals surface area contributed by atoms with E-state index in [-0.39, 0.29) is 19.7 Å². The molecule has 1 rings (SSSR count). The van der Waals surface area contributed by atoms with Crippen molar-refractivity contribution in [3.05, 3.63) is 12.7 Å². The first kappa shape index (κ1) is 14.6. The van der Waals surface area contributed by atoms with E-state index in [9.17, 15) is 8.42 Å². The van der Waals surface area contributed by atoms with Gasteiger partial charge in [-0.1, -0.05) is 18.9 Å². The molecule has 1 N–H and O–H groups in total. The van der Waals surface area contributed by atoms with Crippen LogP contribution in [0.4, 0.5) is 0 Å². The van der Waals surface area contributed by atoms with E-state index in [4.69, 9.17) is 5.11 Å². The molecule has 0 saturated carbocycles. The predicted molar refractivity (Wildman–Crippen MR) is 67.8 cm³/mol. The topological polar surface area (TPSA) is 60.9 Å². The van der Waals surface area contributed by atoms with Gasteiger partial charge in [0, 0.05) is 26.2 Å². The van der Waals surface area contributed by atoms with E-state index >= 15 is 0 Å². The summed E-state index contributed by atoms with van der Waals surface area (Å²) in [5, 5.41) is 8.92.